The third kappa shape index (κ3) is 6.66. The SMILES string of the molecule is CCNCCCCS(=O)(=O)NC(C)c1cccnc1. The summed E-state index contributed by atoms with van der Waals surface area (Å²) in [5.74, 6) is 0.170. The largest absolute Gasteiger partial charge is 0.317 e. The van der Waals surface area contributed by atoms with Crippen molar-refractivity contribution in [1.82, 2.24) is 15.0 Å². The predicted octanol–water partition coefficient (Wildman–Crippen LogP) is 1.45. The van der Waals surface area contributed by atoms with E-state index in [1.54, 1.807) is 18.5 Å². The molecule has 0 saturated carbocycles. The van der Waals surface area contributed by atoms with E-state index in [0.29, 0.717) is 6.42 Å². The van der Waals surface area contributed by atoms with E-state index in [4.69, 9.17) is 0 Å². The molecule has 1 unspecified atom stereocenters. The number of nitrogens with one attached hydrogen (secondary N) is 2. The lowest BCUT2D eigenvalue weighted by molar-refractivity contribution is 0.560. The minimum atomic E-state index is -3.22. The minimum absolute atomic E-state index is 0.170. The lowest BCUT2D eigenvalue weighted by Crippen LogP contribution is -2.29. The number of pyridine rings is 1. The van der Waals surface area contributed by atoms with Crippen LogP contribution >= 0.6 is 0 Å². The standard InChI is InChI=1S/C13H23N3O2S/c1-3-14-8-4-5-10-19(17,18)16-12(2)13-7-6-9-15-11-13/h6-7,9,11-12,14,16H,3-5,8,10H2,1-2H3. The van der Waals surface area contributed by atoms with E-state index < -0.39 is 10.0 Å². The van der Waals surface area contributed by atoms with Crippen LogP contribution in [-0.2, 0) is 10.0 Å². The summed E-state index contributed by atoms with van der Waals surface area (Å²) in [5, 5.41) is 3.18. The van der Waals surface area contributed by atoms with Gasteiger partial charge in [0.25, 0.3) is 0 Å². The van der Waals surface area contributed by atoms with Gasteiger partial charge < -0.3 is 5.32 Å². The number of sulfonamides is 1. The maximum Gasteiger partial charge on any atom is 0.212 e. The second-order valence-corrected chi connectivity index (χ2v) is 6.38. The third-order valence-electron chi connectivity index (χ3n) is 2.81. The van der Waals surface area contributed by atoms with Gasteiger partial charge in [-0.15, -0.1) is 0 Å². The monoisotopic (exact) mass is 285 g/mol. The Morgan fingerprint density at radius 2 is 2.16 bits per heavy atom. The van der Waals surface area contributed by atoms with Gasteiger partial charge in [0.1, 0.15) is 0 Å². The summed E-state index contributed by atoms with van der Waals surface area (Å²) in [4.78, 5) is 3.99. The summed E-state index contributed by atoms with van der Waals surface area (Å²) in [5.41, 5.74) is 0.874. The molecule has 0 spiro atoms. The average Bonchev–Trinajstić information content (AvgIpc) is 2.39. The maximum atomic E-state index is 11.9. The molecule has 0 aliphatic heterocycles. The molecule has 0 amide bonds. The van der Waals surface area contributed by atoms with E-state index in [-0.39, 0.29) is 11.8 Å². The smallest absolute Gasteiger partial charge is 0.212 e. The molecular weight excluding hydrogens is 262 g/mol. The van der Waals surface area contributed by atoms with Gasteiger partial charge in [-0.25, -0.2) is 13.1 Å². The van der Waals surface area contributed by atoms with Crippen molar-refractivity contribution in [2.75, 3.05) is 18.8 Å². The normalized spacial score (nSPS) is 13.4. The lowest BCUT2D eigenvalue weighted by atomic mass is 10.2. The molecule has 19 heavy (non-hydrogen) atoms. The van der Waals surface area contributed by atoms with Crippen LogP contribution in [0.4, 0.5) is 0 Å². The maximum absolute atomic E-state index is 11.9. The second-order valence-electron chi connectivity index (χ2n) is 4.51. The molecule has 5 nitrogen and oxygen atoms in total. The van der Waals surface area contributed by atoms with E-state index in [2.05, 4.69) is 15.0 Å². The van der Waals surface area contributed by atoms with Gasteiger partial charge in [0.15, 0.2) is 0 Å². The predicted molar refractivity (Wildman–Crippen MR) is 77.4 cm³/mol. The Morgan fingerprint density at radius 3 is 2.79 bits per heavy atom. The zero-order chi connectivity index (χ0) is 14.1. The molecule has 6 heteroatoms. The Labute approximate surface area is 115 Å². The number of unbranched alkanes of at least 4 members (excludes halogenated alkanes) is 1. The highest BCUT2D eigenvalue weighted by Crippen LogP contribution is 2.11. The second kappa shape index (κ2) is 8.24. The van der Waals surface area contributed by atoms with Gasteiger partial charge in [0, 0.05) is 18.4 Å². The van der Waals surface area contributed by atoms with E-state index in [0.717, 1.165) is 25.1 Å². The topological polar surface area (TPSA) is 71.1 Å². The molecule has 1 aromatic rings. The number of rotatable bonds is 9. The first-order valence-corrected chi connectivity index (χ1v) is 8.31. The van der Waals surface area contributed by atoms with Crippen LogP contribution in [-0.4, -0.2) is 32.2 Å². The fourth-order valence-corrected chi connectivity index (χ4v) is 3.12. The minimum Gasteiger partial charge on any atom is -0.317 e. The molecule has 1 atom stereocenters. The highest BCUT2D eigenvalue weighted by atomic mass is 32.2. The molecule has 0 bridgehead atoms. The summed E-state index contributed by atoms with van der Waals surface area (Å²) in [6.45, 7) is 5.65. The van der Waals surface area contributed by atoms with Crippen molar-refractivity contribution in [1.29, 1.82) is 0 Å². The van der Waals surface area contributed by atoms with Crippen molar-refractivity contribution < 1.29 is 8.42 Å². The van der Waals surface area contributed by atoms with Crippen molar-refractivity contribution >= 4 is 10.0 Å². The van der Waals surface area contributed by atoms with Gasteiger partial charge in [0.05, 0.1) is 5.75 Å². The summed E-state index contributed by atoms with van der Waals surface area (Å²) < 4.78 is 26.5. The van der Waals surface area contributed by atoms with E-state index in [1.807, 2.05) is 19.9 Å². The van der Waals surface area contributed by atoms with Crippen LogP contribution < -0.4 is 10.0 Å². The van der Waals surface area contributed by atoms with Crippen molar-refractivity contribution in [2.24, 2.45) is 0 Å². The summed E-state index contributed by atoms with van der Waals surface area (Å²) in [7, 11) is -3.22. The molecule has 0 radical (unpaired) electrons. The molecule has 0 saturated heterocycles. The van der Waals surface area contributed by atoms with Crippen molar-refractivity contribution in [3.63, 3.8) is 0 Å². The van der Waals surface area contributed by atoms with Gasteiger partial charge in [-0.1, -0.05) is 13.0 Å². The van der Waals surface area contributed by atoms with Crippen molar-refractivity contribution in [2.45, 2.75) is 32.7 Å². The van der Waals surface area contributed by atoms with E-state index >= 15 is 0 Å². The van der Waals surface area contributed by atoms with Crippen LogP contribution in [0, 0.1) is 0 Å². The Hall–Kier alpha value is -0.980. The molecule has 0 aromatic carbocycles. The van der Waals surface area contributed by atoms with Gasteiger partial charge in [-0.3, -0.25) is 4.98 Å². The number of hydrogen-bond donors (Lipinski definition) is 2. The molecule has 1 aromatic heterocycles. The first kappa shape index (κ1) is 16.1. The number of nitrogens with zero attached hydrogens (tertiary/aromatic N) is 1. The Balaban J connectivity index is 2.38. The van der Waals surface area contributed by atoms with Crippen molar-refractivity contribution in [3.05, 3.63) is 30.1 Å². The average molecular weight is 285 g/mol. The summed E-state index contributed by atoms with van der Waals surface area (Å²) >= 11 is 0. The Kier molecular flexibility index (Phi) is 6.97. The molecule has 108 valence electrons. The van der Waals surface area contributed by atoms with Gasteiger partial charge in [-0.2, -0.15) is 0 Å². The van der Waals surface area contributed by atoms with Gasteiger partial charge in [-0.05, 0) is 44.5 Å². The van der Waals surface area contributed by atoms with Gasteiger partial charge in [0.2, 0.25) is 10.0 Å². The molecule has 0 fully saturated rings. The zero-order valence-corrected chi connectivity index (χ0v) is 12.4. The third-order valence-corrected chi connectivity index (χ3v) is 4.35. The molecule has 0 aliphatic rings. The quantitative estimate of drug-likeness (QED) is 0.674. The highest BCUT2D eigenvalue weighted by Gasteiger charge is 2.15. The Bertz CT molecular complexity index is 448. The van der Waals surface area contributed by atoms with Crippen LogP contribution in [0.25, 0.3) is 0 Å². The zero-order valence-electron chi connectivity index (χ0n) is 11.6. The lowest BCUT2D eigenvalue weighted by Gasteiger charge is -2.14. The molecule has 0 aliphatic carbocycles. The summed E-state index contributed by atoms with van der Waals surface area (Å²) in [6.07, 6.45) is 4.89. The molecule has 1 rings (SSSR count). The van der Waals surface area contributed by atoms with Gasteiger partial charge >= 0.3 is 0 Å². The molecular formula is C13H23N3O2S. The highest BCUT2D eigenvalue weighted by molar-refractivity contribution is 7.89. The van der Waals surface area contributed by atoms with Crippen LogP contribution in [0.2, 0.25) is 0 Å². The van der Waals surface area contributed by atoms with Crippen LogP contribution in [0.3, 0.4) is 0 Å². The first-order chi connectivity index (χ1) is 9.05. The fourth-order valence-electron chi connectivity index (χ4n) is 1.75. The Morgan fingerprint density at radius 1 is 1.37 bits per heavy atom. The van der Waals surface area contributed by atoms with Crippen molar-refractivity contribution in [3.8, 4) is 0 Å². The van der Waals surface area contributed by atoms with Crippen LogP contribution in [0.15, 0.2) is 24.5 Å². The molecule has 2 N–H and O–H groups in total. The number of aromatic nitrogens is 1. The van der Waals surface area contributed by atoms with E-state index in [9.17, 15) is 8.42 Å². The van der Waals surface area contributed by atoms with Crippen LogP contribution in [0.1, 0.15) is 38.3 Å². The molecule has 1 heterocycles. The number of hydrogen-bond acceptors (Lipinski definition) is 4. The van der Waals surface area contributed by atoms with Crippen LogP contribution in [0.5, 0.6) is 0 Å². The first-order valence-electron chi connectivity index (χ1n) is 6.66. The van der Waals surface area contributed by atoms with E-state index in [1.165, 1.54) is 0 Å². The fraction of sp³-hybridized carbons (Fsp3) is 0.615. The summed E-state index contributed by atoms with van der Waals surface area (Å²) in [6, 6.07) is 3.43.